The van der Waals surface area contributed by atoms with E-state index in [-0.39, 0.29) is 12.8 Å². The Morgan fingerprint density at radius 3 is 2.11 bits per heavy atom. The monoisotopic (exact) mass is 286 g/mol. The summed E-state index contributed by atoms with van der Waals surface area (Å²) in [6.07, 6.45) is 5.91. The number of carbonyl (C=O) groups is 2. The van der Waals surface area contributed by atoms with Gasteiger partial charge in [-0.2, -0.15) is 0 Å². The number of hydrogen-bond acceptors (Lipinski definition) is 3. The fourth-order valence-corrected chi connectivity index (χ4v) is 2.38. The van der Waals surface area contributed by atoms with E-state index in [1.807, 2.05) is 0 Å². The molecule has 0 saturated carbocycles. The predicted molar refractivity (Wildman–Crippen MR) is 74.3 cm³/mol. The van der Waals surface area contributed by atoms with Gasteiger partial charge >= 0.3 is 11.9 Å². The molecule has 0 spiro atoms. The molecule has 0 fully saturated rings. The second-order valence-electron chi connectivity index (χ2n) is 5.49. The molecule has 0 saturated heterocycles. The van der Waals surface area contributed by atoms with Crippen molar-refractivity contribution in [2.75, 3.05) is 6.61 Å². The van der Waals surface area contributed by atoms with Crippen LogP contribution in [0.3, 0.4) is 0 Å². The van der Waals surface area contributed by atoms with Crippen LogP contribution < -0.4 is 0 Å². The van der Waals surface area contributed by atoms with E-state index in [4.69, 9.17) is 21.1 Å². The van der Waals surface area contributed by atoms with Crippen LogP contribution in [0.5, 0.6) is 0 Å². The molecule has 108 valence electrons. The number of aliphatic carboxylic acids is 2. The van der Waals surface area contributed by atoms with Crippen LogP contribution in [0.1, 0.15) is 25.7 Å². The van der Waals surface area contributed by atoms with Gasteiger partial charge in [-0.15, -0.1) is 12.3 Å². The average Bonchev–Trinajstić information content (AvgIpc) is 2.24. The first-order valence-electron chi connectivity index (χ1n) is 6.20. The minimum Gasteiger partial charge on any atom is -0.480 e. The second kappa shape index (κ2) is 7.31. The van der Waals surface area contributed by atoms with Crippen molar-refractivity contribution in [1.29, 1.82) is 0 Å². The Morgan fingerprint density at radius 1 is 1.21 bits per heavy atom. The van der Waals surface area contributed by atoms with Crippen molar-refractivity contribution in [1.82, 2.24) is 0 Å². The molecular weight excluding hydrogens is 264 g/mol. The van der Waals surface area contributed by atoms with Crippen molar-refractivity contribution in [2.24, 2.45) is 5.41 Å². The molecule has 6 heteroatoms. The van der Waals surface area contributed by atoms with E-state index >= 15 is 0 Å². The van der Waals surface area contributed by atoms with Gasteiger partial charge in [-0.05, 0) is 38.9 Å². The Labute approximate surface area is 115 Å². The third-order valence-corrected chi connectivity index (χ3v) is 3.83. The molecule has 0 aromatic heterocycles. The van der Waals surface area contributed by atoms with Crippen molar-refractivity contribution in [3.8, 4) is 12.3 Å². The summed E-state index contributed by atoms with van der Waals surface area (Å²) in [5, 5.41) is 18.2. The highest BCUT2D eigenvalue weighted by Gasteiger charge is 2.45. The Hall–Kier alpha value is -1.32. The Bertz CT molecular complexity index is 350. The van der Waals surface area contributed by atoms with Crippen LogP contribution in [0.25, 0.3) is 0 Å². The van der Waals surface area contributed by atoms with E-state index in [1.165, 1.54) is 0 Å². The highest BCUT2D eigenvalue weighted by Crippen LogP contribution is 2.29. The lowest BCUT2D eigenvalue weighted by molar-refractivity contribution is -0.165. The first kappa shape index (κ1) is 17.7. The van der Waals surface area contributed by atoms with E-state index in [1.54, 1.807) is 0 Å². The van der Waals surface area contributed by atoms with E-state index in [9.17, 15) is 9.59 Å². The summed E-state index contributed by atoms with van der Waals surface area (Å²) in [6, 6.07) is 0. The van der Waals surface area contributed by atoms with E-state index in [0.29, 0.717) is 19.4 Å². The fourth-order valence-electron chi connectivity index (χ4n) is 1.63. The third-order valence-electron chi connectivity index (χ3n) is 2.76. The number of rotatable bonds is 9. The number of carboxylic acids is 2. The summed E-state index contributed by atoms with van der Waals surface area (Å²) < 4.78 is 5.63. The van der Waals surface area contributed by atoms with Crippen molar-refractivity contribution < 1.29 is 24.2 Å². The second-order valence-corrected chi connectivity index (χ2v) is 10.0. The molecule has 0 heterocycles. The van der Waals surface area contributed by atoms with Gasteiger partial charge in [-0.25, -0.2) is 0 Å². The lowest BCUT2D eigenvalue weighted by Crippen LogP contribution is -2.39. The van der Waals surface area contributed by atoms with Crippen molar-refractivity contribution in [3.05, 3.63) is 0 Å². The molecule has 0 radical (unpaired) electrons. The van der Waals surface area contributed by atoms with Crippen LogP contribution >= 0.6 is 0 Å². The largest absolute Gasteiger partial charge is 0.480 e. The Morgan fingerprint density at radius 2 is 1.74 bits per heavy atom. The van der Waals surface area contributed by atoms with Gasteiger partial charge in [-0.3, -0.25) is 9.59 Å². The van der Waals surface area contributed by atoms with E-state index in [0.717, 1.165) is 0 Å². The highest BCUT2D eigenvalue weighted by atomic mass is 28.4. The van der Waals surface area contributed by atoms with Gasteiger partial charge in [0.25, 0.3) is 0 Å². The van der Waals surface area contributed by atoms with Crippen LogP contribution in [-0.2, 0) is 14.0 Å². The lowest BCUT2D eigenvalue weighted by Gasteiger charge is -2.23. The van der Waals surface area contributed by atoms with Crippen molar-refractivity contribution in [2.45, 2.75) is 45.3 Å². The van der Waals surface area contributed by atoms with Gasteiger partial charge in [0.05, 0.1) is 0 Å². The number of carboxylic acid groups (broad SMARTS) is 2. The average molecular weight is 286 g/mol. The smallest absolute Gasteiger partial charge is 0.322 e. The van der Waals surface area contributed by atoms with E-state index in [2.05, 4.69) is 25.6 Å². The predicted octanol–water partition coefficient (Wildman–Crippen LogP) is 2.19. The molecule has 0 aliphatic rings. The lowest BCUT2D eigenvalue weighted by atomic mass is 9.80. The first-order chi connectivity index (χ1) is 8.65. The van der Waals surface area contributed by atoms with Crippen molar-refractivity contribution >= 4 is 20.3 Å². The Balaban J connectivity index is 4.41. The van der Waals surface area contributed by atoms with Gasteiger partial charge in [0.15, 0.2) is 13.7 Å². The molecule has 0 rings (SSSR count). The normalized spacial score (nSPS) is 11.9. The zero-order chi connectivity index (χ0) is 15.1. The Kier molecular flexibility index (Phi) is 6.80. The quantitative estimate of drug-likeness (QED) is 0.294. The molecule has 0 aromatic carbocycles. The summed E-state index contributed by atoms with van der Waals surface area (Å²) in [5.74, 6) is -0.592. The molecule has 5 nitrogen and oxygen atoms in total. The van der Waals surface area contributed by atoms with Gasteiger partial charge in [0.2, 0.25) is 0 Å². The summed E-state index contributed by atoms with van der Waals surface area (Å²) in [7, 11) is -1.58. The number of hydrogen-bond donors (Lipinski definition) is 2. The van der Waals surface area contributed by atoms with E-state index < -0.39 is 25.7 Å². The molecule has 2 N–H and O–H groups in total. The minimum atomic E-state index is -1.87. The van der Waals surface area contributed by atoms with Crippen molar-refractivity contribution in [3.63, 3.8) is 0 Å². The molecule has 0 unspecified atom stereocenters. The fraction of sp³-hybridized carbons (Fsp3) is 0.692. The third kappa shape index (κ3) is 5.90. The zero-order valence-electron chi connectivity index (χ0n) is 11.7. The van der Waals surface area contributed by atoms with Crippen LogP contribution in [-0.4, -0.2) is 37.1 Å². The molecule has 0 atom stereocenters. The molecule has 0 aromatic rings. The molecule has 0 amide bonds. The van der Waals surface area contributed by atoms with Crippen LogP contribution in [0.4, 0.5) is 0 Å². The maximum Gasteiger partial charge on any atom is 0.322 e. The molecule has 0 aliphatic carbocycles. The number of terminal acetylenes is 1. The summed E-state index contributed by atoms with van der Waals surface area (Å²) in [5.41, 5.74) is -1.87. The topological polar surface area (TPSA) is 83.8 Å². The first-order valence-corrected chi connectivity index (χ1v) is 9.61. The van der Waals surface area contributed by atoms with Crippen LogP contribution in [0.2, 0.25) is 19.6 Å². The van der Waals surface area contributed by atoms with Gasteiger partial charge in [-0.1, -0.05) is 0 Å². The highest BCUT2D eigenvalue weighted by molar-refractivity contribution is 6.69. The SMILES string of the molecule is C#CCC(CCCCO[Si](C)(C)C)(C(=O)O)C(=O)O. The summed E-state index contributed by atoms with van der Waals surface area (Å²) in [4.78, 5) is 22.4. The van der Waals surface area contributed by atoms with Gasteiger partial charge < -0.3 is 14.6 Å². The molecular formula is C13H22O5Si. The molecule has 0 bridgehead atoms. The molecule has 19 heavy (non-hydrogen) atoms. The van der Waals surface area contributed by atoms with Gasteiger partial charge in [0.1, 0.15) is 0 Å². The van der Waals surface area contributed by atoms with Gasteiger partial charge in [0, 0.05) is 13.0 Å². The maximum atomic E-state index is 11.2. The van der Waals surface area contributed by atoms with Crippen LogP contribution in [0.15, 0.2) is 0 Å². The number of unbranched alkanes of at least 4 members (excludes halogenated alkanes) is 1. The standard InChI is InChI=1S/C13H22O5Si/c1-5-8-13(11(14)15,12(16)17)9-6-7-10-18-19(2,3)4/h1H,6-10H2,2-4H3,(H,14,15)(H,16,17). The van der Waals surface area contributed by atoms with Crippen LogP contribution in [0, 0.1) is 17.8 Å². The summed E-state index contributed by atoms with van der Waals surface area (Å²) in [6.45, 7) is 6.71. The summed E-state index contributed by atoms with van der Waals surface area (Å²) >= 11 is 0. The zero-order valence-corrected chi connectivity index (χ0v) is 12.7. The minimum absolute atomic E-state index is 0.0247. The maximum absolute atomic E-state index is 11.2. The molecule has 0 aliphatic heterocycles.